The Morgan fingerprint density at radius 1 is 0.413 bits per heavy atom. The molecule has 6 rings (SSSR count). The second-order valence-electron chi connectivity index (χ2n) is 15.1. The van der Waals surface area contributed by atoms with E-state index in [9.17, 15) is 19.2 Å². The lowest BCUT2D eigenvalue weighted by molar-refractivity contribution is 0.0721. The standard InChI is InChI=1S/C52H54O10S/c1-3-5-7-9-11-13-34-57-40-24-18-37(19-25-40)49(53)59-42-28-22-39(23-29-42)51(55)62-46-16-15-17-47-45(46)36-48(63-47)52(56)61-44-32-30-43(31-33-44)60-50(54)38-20-26-41(27-21-38)58-35-14-12-10-8-6-4-2/h15-33,36H,3-14,34-35H2,1-2H3. The number of carbonyl (C=O) groups is 4. The largest absolute Gasteiger partial charge is 0.494 e. The third-order valence-electron chi connectivity index (χ3n) is 10.2. The van der Waals surface area contributed by atoms with Crippen molar-refractivity contribution in [1.82, 2.24) is 0 Å². The summed E-state index contributed by atoms with van der Waals surface area (Å²) in [5.74, 6) is 0.193. The number of esters is 4. The first-order chi connectivity index (χ1) is 30.8. The molecule has 0 N–H and O–H groups in total. The smallest absolute Gasteiger partial charge is 0.353 e. The highest BCUT2D eigenvalue weighted by Gasteiger charge is 2.19. The number of carbonyl (C=O) groups excluding carboxylic acids is 4. The van der Waals surface area contributed by atoms with Gasteiger partial charge in [0.05, 0.1) is 29.9 Å². The Balaban J connectivity index is 0.953. The van der Waals surface area contributed by atoms with Gasteiger partial charge in [0.15, 0.2) is 0 Å². The Hall–Kier alpha value is -6.46. The van der Waals surface area contributed by atoms with Crippen molar-refractivity contribution in [2.24, 2.45) is 0 Å². The van der Waals surface area contributed by atoms with Crippen molar-refractivity contribution in [3.8, 4) is 34.5 Å². The third-order valence-corrected chi connectivity index (χ3v) is 11.3. The van der Waals surface area contributed by atoms with E-state index in [2.05, 4.69) is 13.8 Å². The van der Waals surface area contributed by atoms with E-state index in [0.717, 1.165) is 25.7 Å². The summed E-state index contributed by atoms with van der Waals surface area (Å²) in [6.07, 6.45) is 14.2. The molecule has 0 saturated carbocycles. The van der Waals surface area contributed by atoms with Gasteiger partial charge >= 0.3 is 23.9 Å². The van der Waals surface area contributed by atoms with Crippen LogP contribution in [-0.4, -0.2) is 37.1 Å². The second-order valence-corrected chi connectivity index (χ2v) is 16.2. The van der Waals surface area contributed by atoms with Crippen LogP contribution in [0.1, 0.15) is 132 Å². The lowest BCUT2D eigenvalue weighted by Gasteiger charge is -2.09. The molecule has 0 aliphatic rings. The molecular formula is C52H54O10S. The zero-order valence-electron chi connectivity index (χ0n) is 35.9. The van der Waals surface area contributed by atoms with Gasteiger partial charge in [-0.3, -0.25) is 0 Å². The number of thiophene rings is 1. The van der Waals surface area contributed by atoms with Crippen molar-refractivity contribution in [2.75, 3.05) is 13.2 Å². The number of unbranched alkanes of at least 4 members (excludes halogenated alkanes) is 10. The first kappa shape index (κ1) is 46.1. The molecule has 10 nitrogen and oxygen atoms in total. The minimum absolute atomic E-state index is 0.240. The number of ether oxygens (including phenoxy) is 6. The third kappa shape index (κ3) is 14.3. The molecule has 0 aliphatic carbocycles. The summed E-state index contributed by atoms with van der Waals surface area (Å²) in [5.41, 5.74) is 0.992. The SMILES string of the molecule is CCCCCCCCOc1ccc(C(=O)Oc2ccc(OC(=O)c3cc4c(OC(=O)c5ccc(OC(=O)c6ccc(OCCCCCCCC)cc6)cc5)cccc4s3)cc2)cc1. The average molecular weight is 871 g/mol. The van der Waals surface area contributed by atoms with Gasteiger partial charge in [-0.05, 0) is 128 Å². The Morgan fingerprint density at radius 3 is 1.25 bits per heavy atom. The van der Waals surface area contributed by atoms with Crippen LogP contribution in [0.3, 0.4) is 0 Å². The maximum Gasteiger partial charge on any atom is 0.353 e. The lowest BCUT2D eigenvalue weighted by atomic mass is 10.1. The Kier molecular flexibility index (Phi) is 17.7. The van der Waals surface area contributed by atoms with Crippen molar-refractivity contribution in [3.05, 3.63) is 143 Å². The molecule has 0 radical (unpaired) electrons. The van der Waals surface area contributed by atoms with E-state index in [1.54, 1.807) is 78.9 Å². The van der Waals surface area contributed by atoms with Crippen molar-refractivity contribution in [1.29, 1.82) is 0 Å². The molecule has 1 aromatic heterocycles. The predicted molar refractivity (Wildman–Crippen MR) is 245 cm³/mol. The molecule has 0 atom stereocenters. The summed E-state index contributed by atoms with van der Waals surface area (Å²) in [6.45, 7) is 5.68. The Labute approximate surface area is 373 Å². The number of rotatable bonds is 24. The molecule has 0 spiro atoms. The maximum atomic E-state index is 13.2. The number of benzene rings is 5. The normalized spacial score (nSPS) is 10.9. The molecule has 0 aliphatic heterocycles. The quantitative estimate of drug-likeness (QED) is 0.0330. The lowest BCUT2D eigenvalue weighted by Crippen LogP contribution is -2.10. The van der Waals surface area contributed by atoms with Crippen LogP contribution in [0.25, 0.3) is 10.1 Å². The first-order valence-electron chi connectivity index (χ1n) is 21.9. The molecule has 0 amide bonds. The van der Waals surface area contributed by atoms with E-state index >= 15 is 0 Å². The van der Waals surface area contributed by atoms with Crippen LogP contribution in [-0.2, 0) is 0 Å². The summed E-state index contributed by atoms with van der Waals surface area (Å²) in [4.78, 5) is 52.2. The van der Waals surface area contributed by atoms with Crippen LogP contribution < -0.4 is 28.4 Å². The topological polar surface area (TPSA) is 124 Å². The predicted octanol–water partition coefficient (Wildman–Crippen LogP) is 13.3. The van der Waals surface area contributed by atoms with Gasteiger partial charge in [-0.15, -0.1) is 11.3 Å². The highest BCUT2D eigenvalue weighted by molar-refractivity contribution is 7.20. The van der Waals surface area contributed by atoms with Crippen LogP contribution in [0.2, 0.25) is 0 Å². The van der Waals surface area contributed by atoms with E-state index in [0.29, 0.717) is 50.8 Å². The van der Waals surface area contributed by atoms with Crippen molar-refractivity contribution in [2.45, 2.75) is 90.9 Å². The van der Waals surface area contributed by atoms with E-state index in [-0.39, 0.29) is 28.6 Å². The van der Waals surface area contributed by atoms with Crippen molar-refractivity contribution < 1.29 is 47.6 Å². The molecule has 0 fully saturated rings. The zero-order chi connectivity index (χ0) is 44.2. The monoisotopic (exact) mass is 870 g/mol. The fourth-order valence-corrected chi connectivity index (χ4v) is 7.58. The summed E-state index contributed by atoms with van der Waals surface area (Å²) in [6, 6.07) is 32.7. The molecular weight excluding hydrogens is 817 g/mol. The minimum Gasteiger partial charge on any atom is -0.494 e. The summed E-state index contributed by atoms with van der Waals surface area (Å²) in [5, 5.41) is 0.562. The van der Waals surface area contributed by atoms with Gasteiger partial charge in [-0.1, -0.05) is 84.1 Å². The molecule has 11 heteroatoms. The fourth-order valence-electron chi connectivity index (χ4n) is 6.63. The summed E-state index contributed by atoms with van der Waals surface area (Å²) >= 11 is 1.19. The van der Waals surface area contributed by atoms with Crippen LogP contribution in [0.4, 0.5) is 0 Å². The van der Waals surface area contributed by atoms with E-state index in [1.807, 2.05) is 6.07 Å². The van der Waals surface area contributed by atoms with Gasteiger partial charge in [0, 0.05) is 10.1 Å². The fraction of sp³-hybridized carbons (Fsp3) is 0.308. The molecule has 328 valence electrons. The van der Waals surface area contributed by atoms with Gasteiger partial charge in [-0.25, -0.2) is 19.2 Å². The summed E-state index contributed by atoms with van der Waals surface area (Å²) < 4.78 is 34.7. The average Bonchev–Trinajstić information content (AvgIpc) is 3.76. The number of fused-ring (bicyclic) bond motifs is 1. The van der Waals surface area contributed by atoms with Crippen molar-refractivity contribution >= 4 is 45.3 Å². The van der Waals surface area contributed by atoms with E-state index in [1.165, 1.54) is 99.1 Å². The molecule has 6 aromatic rings. The highest BCUT2D eigenvalue weighted by Crippen LogP contribution is 2.34. The number of hydrogen-bond donors (Lipinski definition) is 0. The van der Waals surface area contributed by atoms with Crippen LogP contribution in [0, 0.1) is 0 Å². The van der Waals surface area contributed by atoms with Crippen LogP contribution in [0.5, 0.6) is 34.5 Å². The molecule has 0 bridgehead atoms. The van der Waals surface area contributed by atoms with Gasteiger partial charge in [0.25, 0.3) is 0 Å². The zero-order valence-corrected chi connectivity index (χ0v) is 36.8. The maximum absolute atomic E-state index is 13.2. The van der Waals surface area contributed by atoms with Crippen LogP contribution in [0.15, 0.2) is 121 Å². The molecule has 0 saturated heterocycles. The van der Waals surface area contributed by atoms with E-state index < -0.39 is 23.9 Å². The van der Waals surface area contributed by atoms with Crippen LogP contribution >= 0.6 is 11.3 Å². The molecule has 5 aromatic carbocycles. The van der Waals surface area contributed by atoms with Gasteiger partial charge in [0.1, 0.15) is 39.4 Å². The number of hydrogen-bond acceptors (Lipinski definition) is 11. The summed E-state index contributed by atoms with van der Waals surface area (Å²) in [7, 11) is 0. The van der Waals surface area contributed by atoms with Gasteiger partial charge < -0.3 is 28.4 Å². The van der Waals surface area contributed by atoms with Gasteiger partial charge in [-0.2, -0.15) is 0 Å². The Morgan fingerprint density at radius 2 is 0.794 bits per heavy atom. The molecule has 1 heterocycles. The highest BCUT2D eigenvalue weighted by atomic mass is 32.1. The van der Waals surface area contributed by atoms with Gasteiger partial charge in [0.2, 0.25) is 0 Å². The Bertz CT molecular complexity index is 2380. The minimum atomic E-state index is -0.627. The second kappa shape index (κ2) is 24.2. The van der Waals surface area contributed by atoms with Crippen molar-refractivity contribution in [3.63, 3.8) is 0 Å². The molecule has 63 heavy (non-hydrogen) atoms. The molecule has 0 unspecified atom stereocenters. The van der Waals surface area contributed by atoms with E-state index in [4.69, 9.17) is 28.4 Å². The first-order valence-corrected chi connectivity index (χ1v) is 22.7.